The Morgan fingerprint density at radius 2 is 0.929 bits per heavy atom. The maximum absolute atomic E-state index is 10.9. The first-order chi connectivity index (χ1) is 6.43. The van der Waals surface area contributed by atoms with Gasteiger partial charge in [-0.2, -0.15) is 0 Å². The van der Waals surface area contributed by atoms with Crippen LogP contribution in [-0.2, 0) is 19.2 Å². The van der Waals surface area contributed by atoms with Crippen molar-refractivity contribution in [1.29, 1.82) is 0 Å². The minimum atomic E-state index is -0.697. The quantitative estimate of drug-likeness (QED) is 0.494. The van der Waals surface area contributed by atoms with Gasteiger partial charge < -0.3 is 0 Å². The Morgan fingerprint density at radius 3 is 1.14 bits per heavy atom. The fraction of sp³-hybridized carbons (Fsp3) is 0.500. The molecule has 6 heteroatoms. The van der Waals surface area contributed by atoms with Crippen molar-refractivity contribution >= 4 is 45.3 Å². The van der Waals surface area contributed by atoms with Gasteiger partial charge in [0.1, 0.15) is 0 Å². The van der Waals surface area contributed by atoms with E-state index in [1.54, 1.807) is 0 Å². The molecule has 0 N–H and O–H groups in total. The molecule has 0 aromatic rings. The number of Topliss-reactive ketones (excluding diaryl/α,β-unsaturated/α-hetero) is 2. The monoisotopic (exact) mass is 238 g/mol. The summed E-state index contributed by atoms with van der Waals surface area (Å²) < 4.78 is 0. The predicted molar refractivity (Wildman–Crippen MR) is 50.2 cm³/mol. The van der Waals surface area contributed by atoms with Crippen molar-refractivity contribution in [1.82, 2.24) is 0 Å². The molecule has 0 rings (SSSR count). The number of hydrogen-bond donors (Lipinski definition) is 0. The summed E-state index contributed by atoms with van der Waals surface area (Å²) >= 11 is 9.95. The summed E-state index contributed by atoms with van der Waals surface area (Å²) in [5.74, 6) is -1.39. The summed E-state index contributed by atoms with van der Waals surface area (Å²) in [6.07, 6.45) is -0.753. The minimum absolute atomic E-state index is 0.166. The van der Waals surface area contributed by atoms with Gasteiger partial charge in [-0.25, -0.2) is 0 Å². The van der Waals surface area contributed by atoms with Gasteiger partial charge in [-0.05, 0) is 23.2 Å². The topological polar surface area (TPSA) is 68.3 Å². The second kappa shape index (κ2) is 6.68. The summed E-state index contributed by atoms with van der Waals surface area (Å²) in [5.41, 5.74) is 0. The second-order valence-corrected chi connectivity index (χ2v) is 3.40. The van der Waals surface area contributed by atoms with Crippen molar-refractivity contribution in [3.8, 4) is 0 Å². The van der Waals surface area contributed by atoms with Crippen LogP contribution in [0.3, 0.4) is 0 Å². The van der Waals surface area contributed by atoms with Crippen LogP contribution in [0, 0.1) is 0 Å². The molecule has 0 saturated carbocycles. The predicted octanol–water partition coefficient (Wildman–Crippen LogP) is 1.22. The van der Waals surface area contributed by atoms with Gasteiger partial charge in [0.2, 0.25) is 10.5 Å². The van der Waals surface area contributed by atoms with E-state index < -0.39 is 22.1 Å². The molecule has 0 aliphatic rings. The third kappa shape index (κ3) is 6.74. The summed E-state index contributed by atoms with van der Waals surface area (Å²) in [7, 11) is 0. The van der Waals surface area contributed by atoms with Crippen molar-refractivity contribution in [2.24, 2.45) is 0 Å². The van der Waals surface area contributed by atoms with Crippen LogP contribution in [0.1, 0.15) is 25.7 Å². The molecule has 0 saturated heterocycles. The van der Waals surface area contributed by atoms with Gasteiger partial charge in [-0.15, -0.1) is 0 Å². The molecule has 0 atom stereocenters. The van der Waals surface area contributed by atoms with Gasteiger partial charge in [0.15, 0.2) is 11.6 Å². The fourth-order valence-corrected chi connectivity index (χ4v) is 0.891. The zero-order valence-corrected chi connectivity index (χ0v) is 8.73. The number of ketones is 2. The van der Waals surface area contributed by atoms with Gasteiger partial charge in [0, 0.05) is 25.7 Å². The van der Waals surface area contributed by atoms with Crippen LogP contribution in [-0.4, -0.2) is 22.1 Å². The van der Waals surface area contributed by atoms with Crippen LogP contribution in [0.15, 0.2) is 0 Å². The molecular formula is C8H8Cl2O4. The standard InChI is InChI=1S/C8H8Cl2O4/c9-7(13)3-1-5(11)6(12)2-4-8(10)14/h1-4H2. The van der Waals surface area contributed by atoms with E-state index in [4.69, 9.17) is 23.2 Å². The second-order valence-electron chi connectivity index (χ2n) is 2.56. The number of carbonyl (C=O) groups is 4. The Hall–Kier alpha value is -0.740. The molecule has 0 unspecified atom stereocenters. The van der Waals surface area contributed by atoms with Crippen LogP contribution in [0.25, 0.3) is 0 Å². The minimum Gasteiger partial charge on any atom is -0.291 e. The molecule has 78 valence electrons. The fourth-order valence-electron chi connectivity index (χ4n) is 0.702. The average Bonchev–Trinajstić information content (AvgIpc) is 2.09. The molecule has 0 aromatic carbocycles. The van der Waals surface area contributed by atoms with Gasteiger partial charge in [-0.1, -0.05) is 0 Å². The van der Waals surface area contributed by atoms with Crippen molar-refractivity contribution < 1.29 is 19.2 Å². The third-order valence-electron chi connectivity index (χ3n) is 1.41. The normalized spacial score (nSPS) is 9.57. The van der Waals surface area contributed by atoms with Crippen molar-refractivity contribution in [2.75, 3.05) is 0 Å². The molecule has 0 heterocycles. The van der Waals surface area contributed by atoms with Crippen LogP contribution in [0.5, 0.6) is 0 Å². The molecular weight excluding hydrogens is 231 g/mol. The van der Waals surface area contributed by atoms with E-state index in [2.05, 4.69) is 0 Å². The van der Waals surface area contributed by atoms with E-state index in [0.717, 1.165) is 0 Å². The molecule has 0 fully saturated rings. The zero-order chi connectivity index (χ0) is 11.1. The molecule has 14 heavy (non-hydrogen) atoms. The smallest absolute Gasteiger partial charge is 0.222 e. The molecule has 0 aliphatic heterocycles. The lowest BCUT2D eigenvalue weighted by molar-refractivity contribution is -0.137. The van der Waals surface area contributed by atoms with Crippen LogP contribution in [0.2, 0.25) is 0 Å². The highest BCUT2D eigenvalue weighted by molar-refractivity contribution is 6.64. The summed E-state index contributed by atoms with van der Waals surface area (Å²) in [4.78, 5) is 42.4. The highest BCUT2D eigenvalue weighted by Gasteiger charge is 2.15. The SMILES string of the molecule is O=C(Cl)CCC(=O)C(=O)CCC(=O)Cl. The Morgan fingerprint density at radius 1 is 0.643 bits per heavy atom. The Kier molecular flexibility index (Phi) is 6.32. The average molecular weight is 239 g/mol. The van der Waals surface area contributed by atoms with Crippen LogP contribution >= 0.6 is 23.2 Å². The molecule has 0 spiro atoms. The van der Waals surface area contributed by atoms with Gasteiger partial charge in [0.05, 0.1) is 0 Å². The summed E-state index contributed by atoms with van der Waals surface area (Å²) in [6.45, 7) is 0. The molecule has 0 aromatic heterocycles. The van der Waals surface area contributed by atoms with Crippen molar-refractivity contribution in [3.05, 3.63) is 0 Å². The lowest BCUT2D eigenvalue weighted by Gasteiger charge is -1.95. The number of hydrogen-bond acceptors (Lipinski definition) is 4. The van der Waals surface area contributed by atoms with E-state index in [-0.39, 0.29) is 25.7 Å². The van der Waals surface area contributed by atoms with E-state index in [1.807, 2.05) is 0 Å². The maximum Gasteiger partial charge on any atom is 0.222 e. The van der Waals surface area contributed by atoms with Crippen molar-refractivity contribution in [2.45, 2.75) is 25.7 Å². The number of halogens is 2. The Labute approximate surface area is 90.5 Å². The van der Waals surface area contributed by atoms with E-state index in [0.29, 0.717) is 0 Å². The van der Waals surface area contributed by atoms with E-state index >= 15 is 0 Å². The summed E-state index contributed by atoms with van der Waals surface area (Å²) in [5, 5.41) is -1.33. The lowest BCUT2D eigenvalue weighted by atomic mass is 10.1. The van der Waals surface area contributed by atoms with Gasteiger partial charge in [0.25, 0.3) is 0 Å². The lowest BCUT2D eigenvalue weighted by Crippen LogP contribution is -2.14. The highest BCUT2D eigenvalue weighted by atomic mass is 35.5. The first kappa shape index (κ1) is 13.3. The molecule has 4 nitrogen and oxygen atoms in total. The van der Waals surface area contributed by atoms with Gasteiger partial charge >= 0.3 is 0 Å². The maximum atomic E-state index is 10.9. The molecule has 0 aliphatic carbocycles. The molecule has 0 bridgehead atoms. The van der Waals surface area contributed by atoms with Crippen LogP contribution in [0.4, 0.5) is 0 Å². The first-order valence-electron chi connectivity index (χ1n) is 3.86. The Bertz CT molecular complexity index is 245. The zero-order valence-electron chi connectivity index (χ0n) is 7.22. The Balaban J connectivity index is 3.82. The van der Waals surface area contributed by atoms with E-state index in [1.165, 1.54) is 0 Å². The van der Waals surface area contributed by atoms with Crippen molar-refractivity contribution in [3.63, 3.8) is 0 Å². The number of carbonyl (C=O) groups excluding carboxylic acids is 4. The first-order valence-corrected chi connectivity index (χ1v) is 4.61. The third-order valence-corrected chi connectivity index (χ3v) is 1.79. The molecule has 0 radical (unpaired) electrons. The van der Waals surface area contributed by atoms with E-state index in [9.17, 15) is 19.2 Å². The summed E-state index contributed by atoms with van der Waals surface area (Å²) in [6, 6.07) is 0. The number of rotatable bonds is 7. The van der Waals surface area contributed by atoms with Crippen LogP contribution < -0.4 is 0 Å². The molecule has 0 amide bonds. The highest BCUT2D eigenvalue weighted by Crippen LogP contribution is 2.02. The largest absolute Gasteiger partial charge is 0.291 e. The van der Waals surface area contributed by atoms with Gasteiger partial charge in [-0.3, -0.25) is 19.2 Å².